The van der Waals surface area contributed by atoms with Crippen molar-refractivity contribution in [1.82, 2.24) is 0 Å². The fourth-order valence-corrected chi connectivity index (χ4v) is 2.21. The molecule has 0 unspecified atom stereocenters. The molecule has 19 heavy (non-hydrogen) atoms. The number of furan rings is 1. The standard InChI is InChI=1S/C14H12N2O3/c15-16-11(12-6-3-7-18-12)8-13-9-4-1-2-5-10(9)14(17)19-13/h1-7,13H,8,15H2/b16-11-/t13-/m0/s1. The molecule has 96 valence electrons. The first kappa shape index (κ1) is 11.5. The maximum Gasteiger partial charge on any atom is 0.339 e. The normalized spacial score (nSPS) is 18.2. The number of cyclic esters (lactones) is 1. The highest BCUT2D eigenvalue weighted by Crippen LogP contribution is 2.33. The van der Waals surface area contributed by atoms with Crippen LogP contribution in [0.1, 0.15) is 34.2 Å². The lowest BCUT2D eigenvalue weighted by Crippen LogP contribution is -2.10. The molecule has 0 fully saturated rings. The number of carbonyl (C=O) groups is 1. The molecule has 0 radical (unpaired) electrons. The highest BCUT2D eigenvalue weighted by Gasteiger charge is 2.32. The number of esters is 1. The third-order valence-corrected chi connectivity index (χ3v) is 3.12. The van der Waals surface area contributed by atoms with E-state index in [4.69, 9.17) is 15.0 Å². The van der Waals surface area contributed by atoms with Crippen LogP contribution in [0, 0.1) is 0 Å². The maximum atomic E-state index is 11.7. The van der Waals surface area contributed by atoms with Gasteiger partial charge in [0.15, 0.2) is 0 Å². The minimum Gasteiger partial charge on any atom is -0.463 e. The van der Waals surface area contributed by atoms with E-state index in [1.165, 1.54) is 0 Å². The molecule has 1 atom stereocenters. The van der Waals surface area contributed by atoms with Crippen molar-refractivity contribution in [2.24, 2.45) is 10.9 Å². The highest BCUT2D eigenvalue weighted by molar-refractivity contribution is 6.00. The zero-order chi connectivity index (χ0) is 13.2. The quantitative estimate of drug-likeness (QED) is 0.395. The Hall–Kier alpha value is -2.56. The summed E-state index contributed by atoms with van der Waals surface area (Å²) >= 11 is 0. The summed E-state index contributed by atoms with van der Waals surface area (Å²) in [4.78, 5) is 11.7. The van der Waals surface area contributed by atoms with Crippen molar-refractivity contribution in [3.05, 3.63) is 59.5 Å². The van der Waals surface area contributed by atoms with Gasteiger partial charge in [0.1, 0.15) is 17.6 Å². The number of carbonyl (C=O) groups excluding carboxylic acids is 1. The van der Waals surface area contributed by atoms with Gasteiger partial charge in [0.2, 0.25) is 0 Å². The molecule has 0 aliphatic carbocycles. The zero-order valence-corrected chi connectivity index (χ0v) is 10.1. The number of fused-ring (bicyclic) bond motifs is 1. The van der Waals surface area contributed by atoms with Gasteiger partial charge in [-0.15, -0.1) is 0 Å². The molecular formula is C14H12N2O3. The van der Waals surface area contributed by atoms with Crippen LogP contribution in [0.2, 0.25) is 0 Å². The number of rotatable bonds is 3. The molecule has 0 spiro atoms. The van der Waals surface area contributed by atoms with Crippen molar-refractivity contribution in [2.75, 3.05) is 0 Å². The fraction of sp³-hybridized carbons (Fsp3) is 0.143. The number of hydrazone groups is 1. The Kier molecular flexibility index (Phi) is 2.79. The molecule has 1 aliphatic rings. The van der Waals surface area contributed by atoms with Crippen molar-refractivity contribution >= 4 is 11.7 Å². The van der Waals surface area contributed by atoms with Gasteiger partial charge in [-0.2, -0.15) is 5.10 Å². The largest absolute Gasteiger partial charge is 0.463 e. The lowest BCUT2D eigenvalue weighted by molar-refractivity contribution is 0.0400. The van der Waals surface area contributed by atoms with Gasteiger partial charge in [0, 0.05) is 12.0 Å². The van der Waals surface area contributed by atoms with E-state index in [1.54, 1.807) is 24.5 Å². The summed E-state index contributed by atoms with van der Waals surface area (Å²) in [5, 5.41) is 3.72. The summed E-state index contributed by atoms with van der Waals surface area (Å²) in [5.74, 6) is 5.66. The molecule has 1 aliphatic heterocycles. The van der Waals surface area contributed by atoms with E-state index >= 15 is 0 Å². The van der Waals surface area contributed by atoms with Gasteiger partial charge in [-0.3, -0.25) is 0 Å². The minimum atomic E-state index is -0.365. The minimum absolute atomic E-state index is 0.309. The number of nitrogens with two attached hydrogens (primary N) is 1. The molecular weight excluding hydrogens is 244 g/mol. The lowest BCUT2D eigenvalue weighted by atomic mass is 10.0. The first-order valence-corrected chi connectivity index (χ1v) is 5.90. The lowest BCUT2D eigenvalue weighted by Gasteiger charge is -2.10. The summed E-state index contributed by atoms with van der Waals surface area (Å²) in [6.07, 6.45) is 1.58. The fourth-order valence-electron chi connectivity index (χ4n) is 2.21. The molecule has 2 N–H and O–H groups in total. The smallest absolute Gasteiger partial charge is 0.339 e. The van der Waals surface area contributed by atoms with Crippen molar-refractivity contribution in [2.45, 2.75) is 12.5 Å². The van der Waals surface area contributed by atoms with Crippen molar-refractivity contribution in [1.29, 1.82) is 0 Å². The SMILES string of the molecule is N/N=C(/C[C@@H]1OC(=O)c2ccccc21)c1ccco1. The van der Waals surface area contributed by atoms with Gasteiger partial charge in [-0.25, -0.2) is 4.79 Å². The van der Waals surface area contributed by atoms with Crippen LogP contribution in [0.4, 0.5) is 0 Å². The van der Waals surface area contributed by atoms with Crippen molar-refractivity contribution < 1.29 is 13.9 Å². The summed E-state index contributed by atoms with van der Waals surface area (Å²) in [6, 6.07) is 10.8. The van der Waals surface area contributed by atoms with E-state index in [0.717, 1.165) is 5.56 Å². The Morgan fingerprint density at radius 1 is 1.26 bits per heavy atom. The van der Waals surface area contributed by atoms with E-state index in [0.29, 0.717) is 23.5 Å². The molecule has 2 aromatic rings. The number of ether oxygens (including phenoxy) is 1. The van der Waals surface area contributed by atoms with Crippen LogP contribution in [0.25, 0.3) is 0 Å². The topological polar surface area (TPSA) is 77.8 Å². The van der Waals surface area contributed by atoms with E-state index in [2.05, 4.69) is 5.10 Å². The Morgan fingerprint density at radius 2 is 2.11 bits per heavy atom. The molecule has 0 saturated heterocycles. The molecule has 0 bridgehead atoms. The average Bonchev–Trinajstić information content (AvgIpc) is 3.06. The maximum absolute atomic E-state index is 11.7. The van der Waals surface area contributed by atoms with Gasteiger partial charge >= 0.3 is 5.97 Å². The monoisotopic (exact) mass is 256 g/mol. The van der Waals surface area contributed by atoms with E-state index in [9.17, 15) is 4.79 Å². The van der Waals surface area contributed by atoms with Crippen molar-refractivity contribution in [3.8, 4) is 0 Å². The van der Waals surface area contributed by atoms with Crippen LogP contribution in [-0.2, 0) is 4.74 Å². The molecule has 5 heteroatoms. The summed E-state index contributed by atoms with van der Waals surface area (Å²) < 4.78 is 10.6. The summed E-state index contributed by atoms with van der Waals surface area (Å²) in [5.41, 5.74) is 2.03. The first-order valence-electron chi connectivity index (χ1n) is 5.90. The summed E-state index contributed by atoms with van der Waals surface area (Å²) in [7, 11) is 0. The first-order chi connectivity index (χ1) is 9.29. The second-order valence-electron chi connectivity index (χ2n) is 4.24. The van der Waals surface area contributed by atoms with Crippen LogP contribution < -0.4 is 5.84 Å². The predicted molar refractivity (Wildman–Crippen MR) is 68.6 cm³/mol. The van der Waals surface area contributed by atoms with Gasteiger partial charge in [-0.05, 0) is 18.2 Å². The second kappa shape index (κ2) is 4.61. The van der Waals surface area contributed by atoms with Crippen LogP contribution in [0.15, 0.2) is 52.2 Å². The predicted octanol–water partition coefficient (Wildman–Crippen LogP) is 2.24. The molecule has 3 rings (SSSR count). The number of nitrogens with zero attached hydrogens (tertiary/aromatic N) is 1. The van der Waals surface area contributed by atoms with Crippen LogP contribution in [0.3, 0.4) is 0 Å². The Balaban J connectivity index is 1.88. The van der Waals surface area contributed by atoms with Crippen LogP contribution in [0.5, 0.6) is 0 Å². The van der Waals surface area contributed by atoms with E-state index in [-0.39, 0.29) is 12.1 Å². The van der Waals surface area contributed by atoms with Gasteiger partial charge in [0.05, 0.1) is 11.8 Å². The highest BCUT2D eigenvalue weighted by atomic mass is 16.5. The number of benzene rings is 1. The molecule has 2 heterocycles. The zero-order valence-electron chi connectivity index (χ0n) is 10.1. The number of hydrogen-bond acceptors (Lipinski definition) is 5. The Bertz CT molecular complexity index is 632. The van der Waals surface area contributed by atoms with E-state index < -0.39 is 0 Å². The molecule has 0 amide bonds. The van der Waals surface area contributed by atoms with Gasteiger partial charge in [-0.1, -0.05) is 18.2 Å². The molecule has 1 aromatic heterocycles. The summed E-state index contributed by atoms with van der Waals surface area (Å²) in [6.45, 7) is 0. The van der Waals surface area contributed by atoms with Crippen molar-refractivity contribution in [3.63, 3.8) is 0 Å². The van der Waals surface area contributed by atoms with Gasteiger partial charge in [0.25, 0.3) is 0 Å². The van der Waals surface area contributed by atoms with Gasteiger partial charge < -0.3 is 15.0 Å². The molecule has 0 saturated carbocycles. The number of hydrogen-bond donors (Lipinski definition) is 1. The third-order valence-electron chi connectivity index (χ3n) is 3.12. The molecule has 1 aromatic carbocycles. The van der Waals surface area contributed by atoms with Crippen LogP contribution >= 0.6 is 0 Å². The van der Waals surface area contributed by atoms with E-state index in [1.807, 2.05) is 18.2 Å². The second-order valence-corrected chi connectivity index (χ2v) is 4.24. The van der Waals surface area contributed by atoms with Crippen LogP contribution in [-0.4, -0.2) is 11.7 Å². The Morgan fingerprint density at radius 3 is 2.84 bits per heavy atom. The molecule has 5 nitrogen and oxygen atoms in total. The average molecular weight is 256 g/mol. The third kappa shape index (κ3) is 1.99. The Labute approximate surface area is 109 Å².